The summed E-state index contributed by atoms with van der Waals surface area (Å²) in [7, 11) is 0. The lowest BCUT2D eigenvalue weighted by Gasteiger charge is -2.32. The first kappa shape index (κ1) is 17.7. The molecular weight excluding hydrogens is 354 g/mol. The van der Waals surface area contributed by atoms with E-state index in [1.54, 1.807) is 0 Å². The number of piperidine rings is 1. The molecule has 148 valence electrons. The van der Waals surface area contributed by atoms with E-state index in [0.29, 0.717) is 5.92 Å². The van der Waals surface area contributed by atoms with E-state index in [4.69, 9.17) is 4.74 Å². The Bertz CT molecular complexity index is 835. The number of carbonyl (C=O) groups excluding carboxylic acids is 1. The molecule has 1 aromatic heterocycles. The lowest BCUT2D eigenvalue weighted by molar-refractivity contribution is 0.0710. The van der Waals surface area contributed by atoms with E-state index < -0.39 is 0 Å². The van der Waals surface area contributed by atoms with Crippen LogP contribution in [0.4, 0.5) is 0 Å². The van der Waals surface area contributed by atoms with Gasteiger partial charge in [-0.05, 0) is 55.9 Å². The van der Waals surface area contributed by atoms with Gasteiger partial charge in [0, 0.05) is 37.7 Å². The Balaban J connectivity index is 1.18. The average Bonchev–Trinajstić information content (AvgIpc) is 3.49. The van der Waals surface area contributed by atoms with Crippen LogP contribution >= 0.6 is 0 Å². The van der Waals surface area contributed by atoms with Gasteiger partial charge in [0.25, 0.3) is 5.91 Å². The fourth-order valence-corrected chi connectivity index (χ4v) is 4.13. The van der Waals surface area contributed by atoms with Gasteiger partial charge in [-0.2, -0.15) is 0 Å². The molecule has 7 nitrogen and oxygen atoms in total. The van der Waals surface area contributed by atoms with E-state index in [9.17, 15) is 4.79 Å². The van der Waals surface area contributed by atoms with Crippen molar-refractivity contribution in [3.8, 4) is 5.75 Å². The second-order valence-electron chi connectivity index (χ2n) is 8.15. The highest BCUT2D eigenvalue weighted by molar-refractivity contribution is 5.94. The molecule has 0 spiro atoms. The minimum atomic E-state index is 0.111. The Hall–Kier alpha value is -2.41. The predicted molar refractivity (Wildman–Crippen MR) is 104 cm³/mol. The lowest BCUT2D eigenvalue weighted by Crippen LogP contribution is -2.38. The van der Waals surface area contributed by atoms with Gasteiger partial charge < -0.3 is 19.5 Å². The third-order valence-electron chi connectivity index (χ3n) is 6.08. The number of rotatable bonds is 5. The van der Waals surface area contributed by atoms with Crippen molar-refractivity contribution in [1.29, 1.82) is 0 Å². The van der Waals surface area contributed by atoms with Crippen LogP contribution in [-0.2, 0) is 13.1 Å². The summed E-state index contributed by atoms with van der Waals surface area (Å²) in [5.74, 6) is 4.22. The molecule has 3 heterocycles. The van der Waals surface area contributed by atoms with Crippen LogP contribution in [-0.4, -0.2) is 51.8 Å². The summed E-state index contributed by atoms with van der Waals surface area (Å²) < 4.78 is 8.03. The molecule has 5 rings (SSSR count). The fourth-order valence-electron chi connectivity index (χ4n) is 4.13. The summed E-state index contributed by atoms with van der Waals surface area (Å²) in [5.41, 5.74) is 0.739. The Morgan fingerprint density at radius 3 is 2.61 bits per heavy atom. The molecule has 0 atom stereocenters. The SMILES string of the molecule is O=C(c1ccc(OCC2CC2)cc1)N1CCC(c2nnc3n2CCNC3)CC1. The molecule has 2 aliphatic heterocycles. The van der Waals surface area contributed by atoms with Gasteiger partial charge in [0.2, 0.25) is 0 Å². The smallest absolute Gasteiger partial charge is 0.253 e. The molecule has 0 radical (unpaired) electrons. The standard InChI is InChI=1S/C21H27N5O2/c27-21(17-3-5-18(6-4-17)28-14-15-1-2-15)25-10-7-16(8-11-25)20-24-23-19-13-22-9-12-26(19)20/h3-6,15-16,22H,1-2,7-14H2. The Labute approximate surface area is 165 Å². The van der Waals surface area contributed by atoms with Crippen LogP contribution in [0, 0.1) is 5.92 Å². The number of nitrogens with zero attached hydrogens (tertiary/aromatic N) is 4. The summed E-state index contributed by atoms with van der Waals surface area (Å²) in [6, 6.07) is 7.61. The summed E-state index contributed by atoms with van der Waals surface area (Å²) in [6.45, 7) is 5.03. The average molecular weight is 381 g/mol. The molecule has 7 heteroatoms. The molecule has 2 fully saturated rings. The molecule has 1 saturated heterocycles. The quantitative estimate of drug-likeness (QED) is 0.860. The maximum absolute atomic E-state index is 12.9. The molecule has 1 N–H and O–H groups in total. The number of fused-ring (bicyclic) bond motifs is 1. The summed E-state index contributed by atoms with van der Waals surface area (Å²) in [6.07, 6.45) is 4.45. The number of hydrogen-bond donors (Lipinski definition) is 1. The molecular formula is C21H27N5O2. The van der Waals surface area contributed by atoms with Crippen LogP contribution in [0.25, 0.3) is 0 Å². The highest BCUT2D eigenvalue weighted by atomic mass is 16.5. The van der Waals surface area contributed by atoms with E-state index >= 15 is 0 Å². The molecule has 2 aromatic rings. The van der Waals surface area contributed by atoms with Crippen LogP contribution < -0.4 is 10.1 Å². The number of carbonyl (C=O) groups is 1. The Morgan fingerprint density at radius 1 is 1.07 bits per heavy atom. The third kappa shape index (κ3) is 3.63. The monoisotopic (exact) mass is 381 g/mol. The van der Waals surface area contributed by atoms with Crippen molar-refractivity contribution in [3.05, 3.63) is 41.5 Å². The van der Waals surface area contributed by atoms with E-state index in [0.717, 1.165) is 81.1 Å². The van der Waals surface area contributed by atoms with E-state index in [-0.39, 0.29) is 5.91 Å². The highest BCUT2D eigenvalue weighted by Gasteiger charge is 2.29. The maximum atomic E-state index is 12.9. The van der Waals surface area contributed by atoms with Crippen molar-refractivity contribution in [1.82, 2.24) is 25.0 Å². The van der Waals surface area contributed by atoms with Gasteiger partial charge in [-0.15, -0.1) is 10.2 Å². The van der Waals surface area contributed by atoms with Gasteiger partial charge >= 0.3 is 0 Å². The van der Waals surface area contributed by atoms with Gasteiger partial charge in [0.05, 0.1) is 13.2 Å². The van der Waals surface area contributed by atoms with Gasteiger partial charge in [0.1, 0.15) is 17.4 Å². The zero-order valence-corrected chi connectivity index (χ0v) is 16.1. The Kier molecular flexibility index (Phi) is 4.76. The van der Waals surface area contributed by atoms with Crippen LogP contribution in [0.15, 0.2) is 24.3 Å². The largest absolute Gasteiger partial charge is 0.493 e. The maximum Gasteiger partial charge on any atom is 0.253 e. The summed E-state index contributed by atoms with van der Waals surface area (Å²) in [5, 5.41) is 12.1. The van der Waals surface area contributed by atoms with Gasteiger partial charge in [-0.1, -0.05) is 0 Å². The van der Waals surface area contributed by atoms with E-state index in [2.05, 4.69) is 20.1 Å². The number of likely N-dealkylation sites (tertiary alicyclic amines) is 1. The van der Waals surface area contributed by atoms with Crippen LogP contribution in [0.3, 0.4) is 0 Å². The molecule has 28 heavy (non-hydrogen) atoms. The van der Waals surface area contributed by atoms with Gasteiger partial charge in [-0.3, -0.25) is 4.79 Å². The number of amides is 1. The second-order valence-corrected chi connectivity index (χ2v) is 8.15. The zero-order valence-electron chi connectivity index (χ0n) is 16.1. The van der Waals surface area contributed by atoms with Gasteiger partial charge in [0.15, 0.2) is 0 Å². The Morgan fingerprint density at radius 2 is 1.86 bits per heavy atom. The summed E-state index contributed by atoms with van der Waals surface area (Å²) in [4.78, 5) is 14.8. The first-order valence-electron chi connectivity index (χ1n) is 10.4. The number of ether oxygens (including phenoxy) is 1. The van der Waals surface area contributed by atoms with Crippen molar-refractivity contribution in [2.24, 2.45) is 5.92 Å². The first-order chi connectivity index (χ1) is 13.8. The van der Waals surface area contributed by atoms with Crippen molar-refractivity contribution >= 4 is 5.91 Å². The number of nitrogens with one attached hydrogen (secondary N) is 1. The van der Waals surface area contributed by atoms with Crippen molar-refractivity contribution in [2.45, 2.75) is 44.7 Å². The van der Waals surface area contributed by atoms with Crippen LogP contribution in [0.1, 0.15) is 53.6 Å². The number of benzene rings is 1. The topological polar surface area (TPSA) is 72.3 Å². The molecule has 3 aliphatic rings. The lowest BCUT2D eigenvalue weighted by atomic mass is 9.95. The predicted octanol–water partition coefficient (Wildman–Crippen LogP) is 2.19. The molecule has 1 saturated carbocycles. The molecule has 1 amide bonds. The first-order valence-corrected chi connectivity index (χ1v) is 10.4. The normalized spacial score (nSPS) is 20.1. The molecule has 0 bridgehead atoms. The third-order valence-corrected chi connectivity index (χ3v) is 6.08. The van der Waals surface area contributed by atoms with E-state index in [1.807, 2.05) is 29.2 Å². The molecule has 1 aliphatic carbocycles. The van der Waals surface area contributed by atoms with Crippen molar-refractivity contribution in [2.75, 3.05) is 26.2 Å². The number of hydrogen-bond acceptors (Lipinski definition) is 5. The fraction of sp³-hybridized carbons (Fsp3) is 0.571. The van der Waals surface area contributed by atoms with Crippen LogP contribution in [0.2, 0.25) is 0 Å². The zero-order chi connectivity index (χ0) is 18.9. The minimum Gasteiger partial charge on any atom is -0.493 e. The summed E-state index contributed by atoms with van der Waals surface area (Å²) >= 11 is 0. The second kappa shape index (κ2) is 7.54. The van der Waals surface area contributed by atoms with Crippen molar-refractivity contribution in [3.63, 3.8) is 0 Å². The van der Waals surface area contributed by atoms with Crippen molar-refractivity contribution < 1.29 is 9.53 Å². The van der Waals surface area contributed by atoms with Crippen LogP contribution in [0.5, 0.6) is 5.75 Å². The highest BCUT2D eigenvalue weighted by Crippen LogP contribution is 2.30. The molecule has 0 unspecified atom stereocenters. The van der Waals surface area contributed by atoms with E-state index in [1.165, 1.54) is 12.8 Å². The number of aromatic nitrogens is 3. The minimum absolute atomic E-state index is 0.111. The van der Waals surface area contributed by atoms with Gasteiger partial charge in [-0.25, -0.2) is 0 Å². The molecule has 1 aromatic carbocycles.